The number of benzene rings is 2. The number of fused-ring (bicyclic) bond motifs is 2. The van der Waals surface area contributed by atoms with Crippen LogP contribution >= 0.6 is 0 Å². The molecule has 2 saturated carbocycles. The van der Waals surface area contributed by atoms with E-state index in [-0.39, 0.29) is 34.7 Å². The molecule has 0 spiro atoms. The fourth-order valence-electron chi connectivity index (χ4n) is 7.34. The van der Waals surface area contributed by atoms with E-state index in [4.69, 9.17) is 0 Å². The van der Waals surface area contributed by atoms with Crippen molar-refractivity contribution in [3.63, 3.8) is 0 Å². The minimum atomic E-state index is -0.656. The van der Waals surface area contributed by atoms with Crippen LogP contribution in [0.25, 0.3) is 33.5 Å². The molecule has 0 aliphatic heterocycles. The lowest BCUT2D eigenvalue weighted by atomic mass is 9.91. The topological polar surface area (TPSA) is 110 Å². The molecule has 4 aromatic heterocycles. The first-order chi connectivity index (χ1) is 24.2. The van der Waals surface area contributed by atoms with E-state index < -0.39 is 17.1 Å². The fourth-order valence-corrected chi connectivity index (χ4v) is 7.34. The number of hydrogen-bond acceptors (Lipinski definition) is 7. The number of nitrogens with zero attached hydrogens (tertiary/aromatic N) is 6. The minimum absolute atomic E-state index is 0.0370. The Labute approximate surface area is 286 Å². The second kappa shape index (κ2) is 12.9. The van der Waals surface area contributed by atoms with Gasteiger partial charge in [0.15, 0.2) is 5.65 Å². The zero-order chi connectivity index (χ0) is 34.5. The molecule has 12 heteroatoms. The number of imidazole rings is 1. The van der Waals surface area contributed by atoms with Gasteiger partial charge in [-0.05, 0) is 105 Å². The van der Waals surface area contributed by atoms with Crippen LogP contribution in [-0.4, -0.2) is 52.6 Å². The monoisotopic (exact) mass is 677 g/mol. The number of pyridine rings is 2. The van der Waals surface area contributed by atoms with E-state index in [1.165, 1.54) is 21.4 Å². The molecule has 2 fully saturated rings. The predicted octanol–water partition coefficient (Wildman–Crippen LogP) is 5.71. The maximum Gasteiger partial charge on any atom is 0.337 e. The summed E-state index contributed by atoms with van der Waals surface area (Å²) in [5.41, 5.74) is 3.69. The average Bonchev–Trinajstić information content (AvgIpc) is 3.89. The Morgan fingerprint density at radius 2 is 1.76 bits per heavy atom. The second-order valence-corrected chi connectivity index (χ2v) is 13.6. The van der Waals surface area contributed by atoms with Crippen LogP contribution in [0.4, 0.5) is 8.78 Å². The number of aromatic hydroxyl groups is 1. The third-order valence-electron chi connectivity index (χ3n) is 10.1. The maximum atomic E-state index is 14.6. The van der Waals surface area contributed by atoms with Crippen molar-refractivity contribution in [1.29, 1.82) is 0 Å². The van der Waals surface area contributed by atoms with Gasteiger partial charge in [-0.25, -0.2) is 28.1 Å². The lowest BCUT2D eigenvalue weighted by Gasteiger charge is -2.30. The van der Waals surface area contributed by atoms with Crippen molar-refractivity contribution in [2.45, 2.75) is 69.7 Å². The van der Waals surface area contributed by atoms with Crippen LogP contribution < -0.4 is 16.6 Å². The summed E-state index contributed by atoms with van der Waals surface area (Å²) in [5, 5.41) is 13.9. The highest BCUT2D eigenvalue weighted by Crippen LogP contribution is 2.33. The molecule has 0 atom stereocenters. The number of aromatic nitrogens is 5. The minimum Gasteiger partial charge on any atom is -0.508 e. The Balaban J connectivity index is 1.09. The Bertz CT molecular complexity index is 2360. The summed E-state index contributed by atoms with van der Waals surface area (Å²) in [5.74, 6) is -0.807. The van der Waals surface area contributed by atoms with Gasteiger partial charge >= 0.3 is 5.69 Å². The van der Waals surface area contributed by atoms with Gasteiger partial charge in [0.05, 0.1) is 23.0 Å². The molecule has 0 bridgehead atoms. The number of hydrogen-bond donors (Lipinski definition) is 2. The van der Waals surface area contributed by atoms with Crippen molar-refractivity contribution < 1.29 is 13.9 Å². The molecule has 2 aliphatic rings. The average molecular weight is 678 g/mol. The van der Waals surface area contributed by atoms with Crippen LogP contribution in [0.5, 0.6) is 5.75 Å². The fraction of sp³-hybridized carbons (Fsp3) is 0.316. The van der Waals surface area contributed by atoms with Gasteiger partial charge < -0.3 is 14.8 Å². The molecular formula is C38H37F2N7O3. The zero-order valence-corrected chi connectivity index (χ0v) is 27.6. The second-order valence-electron chi connectivity index (χ2n) is 13.6. The maximum absolute atomic E-state index is 14.6. The van der Waals surface area contributed by atoms with E-state index in [1.807, 2.05) is 24.3 Å². The van der Waals surface area contributed by atoms with Crippen molar-refractivity contribution in [2.24, 2.45) is 0 Å². The largest absolute Gasteiger partial charge is 0.508 e. The van der Waals surface area contributed by atoms with Crippen LogP contribution in [0.1, 0.15) is 55.8 Å². The number of rotatable bonds is 9. The van der Waals surface area contributed by atoms with Gasteiger partial charge in [0.1, 0.15) is 23.0 Å². The van der Waals surface area contributed by atoms with Gasteiger partial charge in [0.2, 0.25) is 0 Å². The Hall–Kier alpha value is -5.20. The van der Waals surface area contributed by atoms with Crippen molar-refractivity contribution in [3.05, 3.63) is 123 Å². The highest BCUT2D eigenvalue weighted by Gasteiger charge is 2.28. The number of halogens is 2. The molecule has 6 aromatic rings. The summed E-state index contributed by atoms with van der Waals surface area (Å²) < 4.78 is 32.5. The van der Waals surface area contributed by atoms with Gasteiger partial charge in [-0.2, -0.15) is 0 Å². The van der Waals surface area contributed by atoms with Crippen LogP contribution in [0.2, 0.25) is 0 Å². The lowest BCUT2D eigenvalue weighted by molar-refractivity contribution is 0.279. The third-order valence-corrected chi connectivity index (χ3v) is 10.1. The smallest absolute Gasteiger partial charge is 0.337 e. The van der Waals surface area contributed by atoms with E-state index >= 15 is 0 Å². The van der Waals surface area contributed by atoms with Gasteiger partial charge in [-0.15, -0.1) is 0 Å². The molecule has 0 unspecified atom stereocenters. The molecule has 256 valence electrons. The van der Waals surface area contributed by atoms with E-state index in [2.05, 4.69) is 27.2 Å². The van der Waals surface area contributed by atoms with Crippen LogP contribution in [0.15, 0.2) is 88.8 Å². The molecule has 2 aliphatic carbocycles. The summed E-state index contributed by atoms with van der Waals surface area (Å²) in [7, 11) is 2.08. The standard InChI is InChI=1S/C38H37F2N7O3/c1-44(29-10-11-29)20-24-16-32(48)12-13-33(24)23-3-2-4-31(15-23)46-36-34(17-26(40)18-42-36)37(49)47(38(46)50)30-8-6-27(7-9-30)41-19-28-22-45-21-25(39)5-14-35(45)43-28/h2-5,12-18,21-22,27,29-30,41,48H,6-11,19-20H2,1H3. The van der Waals surface area contributed by atoms with Crippen molar-refractivity contribution in [3.8, 4) is 22.6 Å². The lowest BCUT2D eigenvalue weighted by Crippen LogP contribution is -2.44. The van der Waals surface area contributed by atoms with Crippen LogP contribution in [0.3, 0.4) is 0 Å². The molecule has 2 aromatic carbocycles. The van der Waals surface area contributed by atoms with Crippen LogP contribution in [0, 0.1) is 11.6 Å². The summed E-state index contributed by atoms with van der Waals surface area (Å²) in [6.07, 6.45) is 9.10. The van der Waals surface area contributed by atoms with E-state index in [0.29, 0.717) is 56.1 Å². The first-order valence-corrected chi connectivity index (χ1v) is 17.0. The molecule has 10 nitrogen and oxygen atoms in total. The van der Waals surface area contributed by atoms with Crippen molar-refractivity contribution in [1.82, 2.24) is 33.7 Å². The SMILES string of the molecule is CN(Cc1cc(O)ccc1-c1cccc(-n2c(=O)n(C3CCC(NCc4cn5cc(F)ccc5n4)CC3)c(=O)c3cc(F)cnc32)c1)C1CC1. The van der Waals surface area contributed by atoms with Crippen molar-refractivity contribution >= 4 is 16.7 Å². The quantitative estimate of drug-likeness (QED) is 0.202. The molecule has 4 heterocycles. The van der Waals surface area contributed by atoms with Crippen molar-refractivity contribution in [2.75, 3.05) is 7.05 Å². The van der Waals surface area contributed by atoms with Gasteiger partial charge in [0, 0.05) is 43.6 Å². The number of phenols is 1. The van der Waals surface area contributed by atoms with E-state index in [0.717, 1.165) is 47.5 Å². The summed E-state index contributed by atoms with van der Waals surface area (Å²) in [4.78, 5) is 39.3. The van der Waals surface area contributed by atoms with E-state index in [9.17, 15) is 23.5 Å². The van der Waals surface area contributed by atoms with Gasteiger partial charge in [-0.3, -0.25) is 14.3 Å². The third kappa shape index (κ3) is 6.20. The summed E-state index contributed by atoms with van der Waals surface area (Å²) in [6, 6.07) is 17.2. The van der Waals surface area contributed by atoms with Gasteiger partial charge in [0.25, 0.3) is 5.56 Å². The molecule has 50 heavy (non-hydrogen) atoms. The van der Waals surface area contributed by atoms with Gasteiger partial charge in [-0.1, -0.05) is 18.2 Å². The molecule has 0 radical (unpaired) electrons. The van der Waals surface area contributed by atoms with Crippen LogP contribution in [-0.2, 0) is 13.1 Å². The Morgan fingerprint density at radius 3 is 2.56 bits per heavy atom. The highest BCUT2D eigenvalue weighted by molar-refractivity contribution is 5.77. The Morgan fingerprint density at radius 1 is 0.940 bits per heavy atom. The molecule has 0 saturated heterocycles. The molecule has 8 rings (SSSR count). The number of phenolic OH excluding ortho intramolecular Hbond substituents is 1. The van der Waals surface area contributed by atoms with E-state index in [1.54, 1.807) is 34.9 Å². The summed E-state index contributed by atoms with van der Waals surface area (Å²) in [6.45, 7) is 1.16. The molecule has 0 amide bonds. The first-order valence-electron chi connectivity index (χ1n) is 17.0. The first kappa shape index (κ1) is 32.0. The number of nitrogens with one attached hydrogen (secondary N) is 1. The zero-order valence-electron chi connectivity index (χ0n) is 27.6. The highest BCUT2D eigenvalue weighted by atomic mass is 19.1. The normalized spacial score (nSPS) is 18.0. The predicted molar refractivity (Wildman–Crippen MR) is 186 cm³/mol. The molecular weight excluding hydrogens is 640 g/mol. The molecule has 2 N–H and O–H groups in total. The Kier molecular flexibility index (Phi) is 8.28. The summed E-state index contributed by atoms with van der Waals surface area (Å²) >= 11 is 0.